The molecule has 0 aromatic heterocycles. The second-order valence-electron chi connectivity index (χ2n) is 4.67. The highest BCUT2D eigenvalue weighted by atomic mass is 19.1. The molecule has 3 rings (SSSR count). The molecule has 92 valence electrons. The molecule has 2 nitrogen and oxygen atoms in total. The Labute approximate surface area is 106 Å². The van der Waals surface area contributed by atoms with E-state index in [1.165, 1.54) is 23.4 Å². The number of fused-ring (bicyclic) bond motifs is 1. The highest BCUT2D eigenvalue weighted by molar-refractivity contribution is 5.59. The van der Waals surface area contributed by atoms with Crippen LogP contribution in [0.3, 0.4) is 0 Å². The number of benzene rings is 2. The lowest BCUT2D eigenvalue weighted by atomic mass is 10.1. The Morgan fingerprint density at radius 1 is 1.11 bits per heavy atom. The van der Waals surface area contributed by atoms with Crippen LogP contribution in [-0.4, -0.2) is 6.54 Å². The minimum absolute atomic E-state index is 0.0710. The second-order valence-corrected chi connectivity index (χ2v) is 4.67. The maximum atomic E-state index is 12.9. The monoisotopic (exact) mass is 242 g/mol. The van der Waals surface area contributed by atoms with Gasteiger partial charge in [-0.25, -0.2) is 4.39 Å². The summed E-state index contributed by atoms with van der Waals surface area (Å²) in [6.45, 7) is 1.59. The van der Waals surface area contributed by atoms with Gasteiger partial charge in [-0.1, -0.05) is 30.3 Å². The summed E-state index contributed by atoms with van der Waals surface area (Å²) in [6.07, 6.45) is 0. The van der Waals surface area contributed by atoms with E-state index in [1.54, 1.807) is 0 Å². The van der Waals surface area contributed by atoms with E-state index in [0.717, 1.165) is 18.7 Å². The molecule has 0 aliphatic carbocycles. The number of rotatable bonds is 2. The first-order valence-corrected chi connectivity index (χ1v) is 6.08. The van der Waals surface area contributed by atoms with Gasteiger partial charge in [0.05, 0.1) is 0 Å². The van der Waals surface area contributed by atoms with Gasteiger partial charge >= 0.3 is 0 Å². The zero-order chi connectivity index (χ0) is 12.5. The fourth-order valence-electron chi connectivity index (χ4n) is 2.48. The third kappa shape index (κ3) is 1.97. The normalized spacial score (nSPS) is 17.9. The molecule has 0 saturated heterocycles. The second kappa shape index (κ2) is 4.42. The number of nitrogens with zero attached hydrogens (tertiary/aromatic N) is 1. The molecule has 3 heteroatoms. The molecule has 0 spiro atoms. The maximum absolute atomic E-state index is 12.9. The zero-order valence-corrected chi connectivity index (χ0v) is 10.0. The highest BCUT2D eigenvalue weighted by Crippen LogP contribution is 2.33. The zero-order valence-electron chi connectivity index (χ0n) is 10.0. The molecule has 0 saturated carbocycles. The van der Waals surface area contributed by atoms with Crippen molar-refractivity contribution in [3.05, 3.63) is 65.5 Å². The SMILES string of the molecule is N[C@H]1CN(Cc2ccc(F)cc2)c2ccccc21. The minimum atomic E-state index is -0.197. The fourth-order valence-corrected chi connectivity index (χ4v) is 2.48. The number of hydrogen-bond acceptors (Lipinski definition) is 2. The topological polar surface area (TPSA) is 29.3 Å². The Hall–Kier alpha value is -1.87. The molecular formula is C15H15FN2. The Morgan fingerprint density at radius 3 is 2.61 bits per heavy atom. The largest absolute Gasteiger partial charge is 0.365 e. The lowest BCUT2D eigenvalue weighted by Crippen LogP contribution is -2.23. The van der Waals surface area contributed by atoms with E-state index in [-0.39, 0.29) is 11.9 Å². The summed E-state index contributed by atoms with van der Waals surface area (Å²) in [7, 11) is 0. The maximum Gasteiger partial charge on any atom is 0.123 e. The van der Waals surface area contributed by atoms with Crippen molar-refractivity contribution < 1.29 is 4.39 Å². The molecule has 1 heterocycles. The first-order valence-electron chi connectivity index (χ1n) is 6.08. The van der Waals surface area contributed by atoms with Gasteiger partial charge in [-0.15, -0.1) is 0 Å². The predicted octanol–water partition coefficient (Wildman–Crippen LogP) is 2.85. The molecule has 18 heavy (non-hydrogen) atoms. The van der Waals surface area contributed by atoms with Crippen molar-refractivity contribution in [1.29, 1.82) is 0 Å². The molecule has 2 aromatic rings. The Bertz CT molecular complexity index is 551. The van der Waals surface area contributed by atoms with Gasteiger partial charge in [-0.2, -0.15) is 0 Å². The highest BCUT2D eigenvalue weighted by Gasteiger charge is 2.24. The molecule has 0 unspecified atom stereocenters. The average molecular weight is 242 g/mol. The van der Waals surface area contributed by atoms with Gasteiger partial charge < -0.3 is 10.6 Å². The van der Waals surface area contributed by atoms with Gasteiger partial charge in [0.2, 0.25) is 0 Å². The van der Waals surface area contributed by atoms with Crippen molar-refractivity contribution in [2.75, 3.05) is 11.4 Å². The minimum Gasteiger partial charge on any atom is -0.365 e. The Balaban J connectivity index is 1.85. The van der Waals surface area contributed by atoms with Crippen LogP contribution in [-0.2, 0) is 6.54 Å². The van der Waals surface area contributed by atoms with Gasteiger partial charge in [-0.05, 0) is 29.3 Å². The number of anilines is 1. The summed E-state index contributed by atoms with van der Waals surface area (Å²) in [5, 5.41) is 0. The smallest absolute Gasteiger partial charge is 0.123 e. The molecule has 1 atom stereocenters. The quantitative estimate of drug-likeness (QED) is 0.877. The van der Waals surface area contributed by atoms with E-state index in [1.807, 2.05) is 24.3 Å². The number of nitrogens with two attached hydrogens (primary N) is 1. The van der Waals surface area contributed by atoms with E-state index in [4.69, 9.17) is 5.73 Å². The molecular weight excluding hydrogens is 227 g/mol. The van der Waals surface area contributed by atoms with Crippen LogP contribution in [0.15, 0.2) is 48.5 Å². The molecule has 0 amide bonds. The number of halogens is 1. The molecule has 2 aromatic carbocycles. The summed E-state index contributed by atoms with van der Waals surface area (Å²) in [6, 6.07) is 14.9. The molecule has 2 N–H and O–H groups in total. The standard InChI is InChI=1S/C15H15FN2/c16-12-7-5-11(6-8-12)9-18-10-14(17)13-3-1-2-4-15(13)18/h1-8,14H,9-10,17H2/t14-/m0/s1. The lowest BCUT2D eigenvalue weighted by Gasteiger charge is -2.19. The lowest BCUT2D eigenvalue weighted by molar-refractivity contribution is 0.626. The van der Waals surface area contributed by atoms with Gasteiger partial charge in [0, 0.05) is 24.8 Å². The molecule has 0 fully saturated rings. The van der Waals surface area contributed by atoms with Gasteiger partial charge in [0.25, 0.3) is 0 Å². The van der Waals surface area contributed by atoms with E-state index in [0.29, 0.717) is 0 Å². The van der Waals surface area contributed by atoms with E-state index in [2.05, 4.69) is 17.0 Å². The van der Waals surface area contributed by atoms with Crippen LogP contribution >= 0.6 is 0 Å². The van der Waals surface area contributed by atoms with Crippen LogP contribution in [0.4, 0.5) is 10.1 Å². The molecule has 1 aliphatic rings. The third-order valence-electron chi connectivity index (χ3n) is 3.38. The third-order valence-corrected chi connectivity index (χ3v) is 3.38. The van der Waals surface area contributed by atoms with Gasteiger partial charge in [-0.3, -0.25) is 0 Å². The summed E-state index contributed by atoms with van der Waals surface area (Å²) < 4.78 is 12.9. The molecule has 1 aliphatic heterocycles. The van der Waals surface area contributed by atoms with Crippen LogP contribution in [0.1, 0.15) is 17.2 Å². The van der Waals surface area contributed by atoms with Crippen molar-refractivity contribution in [2.45, 2.75) is 12.6 Å². The van der Waals surface area contributed by atoms with E-state index in [9.17, 15) is 4.39 Å². The number of para-hydroxylation sites is 1. The summed E-state index contributed by atoms with van der Waals surface area (Å²) >= 11 is 0. The van der Waals surface area contributed by atoms with Crippen LogP contribution in [0.25, 0.3) is 0 Å². The van der Waals surface area contributed by atoms with Crippen LogP contribution < -0.4 is 10.6 Å². The van der Waals surface area contributed by atoms with Crippen LogP contribution in [0.2, 0.25) is 0 Å². The van der Waals surface area contributed by atoms with Gasteiger partial charge in [0.15, 0.2) is 0 Å². The molecule has 0 radical (unpaired) electrons. The Kier molecular flexibility index (Phi) is 2.76. The van der Waals surface area contributed by atoms with Crippen molar-refractivity contribution in [2.24, 2.45) is 5.73 Å². The van der Waals surface area contributed by atoms with E-state index >= 15 is 0 Å². The van der Waals surface area contributed by atoms with Crippen molar-refractivity contribution in [3.63, 3.8) is 0 Å². The number of hydrogen-bond donors (Lipinski definition) is 1. The predicted molar refractivity (Wildman–Crippen MR) is 70.8 cm³/mol. The van der Waals surface area contributed by atoms with Crippen LogP contribution in [0, 0.1) is 5.82 Å². The summed E-state index contributed by atoms with van der Waals surface area (Å²) in [5.41, 5.74) is 9.59. The molecule has 0 bridgehead atoms. The van der Waals surface area contributed by atoms with Crippen molar-refractivity contribution >= 4 is 5.69 Å². The fraction of sp³-hybridized carbons (Fsp3) is 0.200. The van der Waals surface area contributed by atoms with Crippen molar-refractivity contribution in [3.8, 4) is 0 Å². The van der Waals surface area contributed by atoms with E-state index < -0.39 is 0 Å². The Morgan fingerprint density at radius 2 is 1.83 bits per heavy atom. The average Bonchev–Trinajstić information content (AvgIpc) is 2.70. The first-order chi connectivity index (χ1) is 8.74. The van der Waals surface area contributed by atoms with Crippen molar-refractivity contribution in [1.82, 2.24) is 0 Å². The van der Waals surface area contributed by atoms with Crippen LogP contribution in [0.5, 0.6) is 0 Å². The first kappa shape index (κ1) is 11.2. The summed E-state index contributed by atoms with van der Waals surface area (Å²) in [4.78, 5) is 2.24. The summed E-state index contributed by atoms with van der Waals surface area (Å²) in [5.74, 6) is -0.197. The van der Waals surface area contributed by atoms with Gasteiger partial charge in [0.1, 0.15) is 5.82 Å².